The number of nitrogens with zero attached hydrogens (tertiary/aromatic N) is 1. The van der Waals surface area contributed by atoms with Crippen LogP contribution in [0.5, 0.6) is 23.0 Å². The molecule has 6 rings (SSSR count). The lowest BCUT2D eigenvalue weighted by atomic mass is 10.0. The van der Waals surface area contributed by atoms with Crippen LogP contribution in [0.15, 0.2) is 133 Å². The highest BCUT2D eigenvalue weighted by atomic mass is 16.5. The van der Waals surface area contributed by atoms with Crippen molar-refractivity contribution in [3.63, 3.8) is 0 Å². The third-order valence-electron chi connectivity index (χ3n) is 7.93. The first-order chi connectivity index (χ1) is 22.5. The molecular formula is C40H35NO5. The van der Waals surface area contributed by atoms with E-state index in [9.17, 15) is 4.79 Å². The third kappa shape index (κ3) is 6.81. The van der Waals surface area contributed by atoms with Crippen molar-refractivity contribution in [3.8, 4) is 34.1 Å². The van der Waals surface area contributed by atoms with Gasteiger partial charge in [0.1, 0.15) is 29.6 Å². The fourth-order valence-corrected chi connectivity index (χ4v) is 5.42. The molecule has 0 unspecified atom stereocenters. The molecule has 0 aliphatic heterocycles. The molecule has 6 aromatic rings. The molecule has 0 fully saturated rings. The van der Waals surface area contributed by atoms with Gasteiger partial charge in [0, 0.05) is 16.8 Å². The highest BCUT2D eigenvalue weighted by Gasteiger charge is 2.21. The number of fused-ring (bicyclic) bond motifs is 1. The minimum atomic E-state index is -0.134. The fraction of sp³-hybridized carbons (Fsp3) is 0.125. The normalized spacial score (nSPS) is 10.8. The maximum Gasteiger partial charge on any atom is 0.258 e. The van der Waals surface area contributed by atoms with Crippen molar-refractivity contribution < 1.29 is 23.7 Å². The van der Waals surface area contributed by atoms with Crippen LogP contribution in [0.1, 0.15) is 21.5 Å². The Morgan fingerprint density at radius 3 is 2.09 bits per heavy atom. The molecule has 0 spiro atoms. The predicted molar refractivity (Wildman–Crippen MR) is 183 cm³/mol. The first-order valence-corrected chi connectivity index (χ1v) is 15.0. The van der Waals surface area contributed by atoms with Crippen LogP contribution in [0.4, 0.5) is 5.69 Å². The first-order valence-electron chi connectivity index (χ1n) is 15.0. The van der Waals surface area contributed by atoms with Crippen molar-refractivity contribution in [2.45, 2.75) is 13.2 Å². The smallest absolute Gasteiger partial charge is 0.258 e. The van der Waals surface area contributed by atoms with Crippen molar-refractivity contribution >= 4 is 22.4 Å². The Morgan fingerprint density at radius 2 is 1.33 bits per heavy atom. The van der Waals surface area contributed by atoms with Gasteiger partial charge in [-0.05, 0) is 94.2 Å². The summed E-state index contributed by atoms with van der Waals surface area (Å²) in [5.74, 6) is 2.81. The summed E-state index contributed by atoms with van der Waals surface area (Å²) in [7, 11) is 4.90. The van der Waals surface area contributed by atoms with E-state index in [2.05, 4.69) is 0 Å². The zero-order chi connectivity index (χ0) is 31.9. The fourth-order valence-electron chi connectivity index (χ4n) is 5.42. The van der Waals surface area contributed by atoms with Crippen molar-refractivity contribution in [2.24, 2.45) is 0 Å². The molecule has 0 aliphatic rings. The monoisotopic (exact) mass is 609 g/mol. The largest absolute Gasteiger partial charge is 0.497 e. The zero-order valence-electron chi connectivity index (χ0n) is 26.1. The van der Waals surface area contributed by atoms with E-state index in [4.69, 9.17) is 18.9 Å². The van der Waals surface area contributed by atoms with E-state index in [1.807, 2.05) is 133 Å². The van der Waals surface area contributed by atoms with Crippen molar-refractivity contribution in [2.75, 3.05) is 26.2 Å². The van der Waals surface area contributed by atoms with Crippen molar-refractivity contribution in [1.29, 1.82) is 0 Å². The van der Waals surface area contributed by atoms with Gasteiger partial charge < -0.3 is 23.8 Å². The molecule has 6 heteroatoms. The van der Waals surface area contributed by atoms with E-state index in [-0.39, 0.29) is 5.91 Å². The van der Waals surface area contributed by atoms with Gasteiger partial charge in [-0.2, -0.15) is 0 Å². The predicted octanol–water partition coefficient (Wildman–Crippen LogP) is 8.96. The quantitative estimate of drug-likeness (QED) is 0.147. The first kappa shape index (κ1) is 30.3. The maximum absolute atomic E-state index is 14.4. The number of carbonyl (C=O) groups is 1. The number of anilines is 1. The summed E-state index contributed by atoms with van der Waals surface area (Å²) in [6, 6.07) is 43.2. The lowest BCUT2D eigenvalue weighted by Gasteiger charge is -2.24. The molecule has 0 heterocycles. The second kappa shape index (κ2) is 13.9. The van der Waals surface area contributed by atoms with Crippen LogP contribution in [0.25, 0.3) is 21.9 Å². The van der Waals surface area contributed by atoms with Gasteiger partial charge in [-0.15, -0.1) is 0 Å². The van der Waals surface area contributed by atoms with Gasteiger partial charge in [-0.25, -0.2) is 0 Å². The van der Waals surface area contributed by atoms with Crippen LogP contribution >= 0.6 is 0 Å². The van der Waals surface area contributed by atoms with Gasteiger partial charge in [0.25, 0.3) is 5.91 Å². The number of hydrogen-bond donors (Lipinski definition) is 0. The molecule has 0 radical (unpaired) electrons. The average Bonchev–Trinajstić information content (AvgIpc) is 3.12. The van der Waals surface area contributed by atoms with E-state index < -0.39 is 0 Å². The van der Waals surface area contributed by atoms with E-state index in [0.717, 1.165) is 56.0 Å². The highest BCUT2D eigenvalue weighted by molar-refractivity contribution is 6.08. The Balaban J connectivity index is 1.35. The van der Waals surface area contributed by atoms with Gasteiger partial charge in [-0.3, -0.25) is 4.79 Å². The standard InChI is InChI=1S/C40H35NO5/c1-43-35-18-12-28(13-19-35)26-41(40(42)33-16-21-39(45-3)38(25-33)32-10-7-11-36(24-32)44-2)34-17-14-31-23-37(20-15-30(31)22-34)46-27-29-8-5-4-6-9-29/h4-25H,26-27H2,1-3H3. The summed E-state index contributed by atoms with van der Waals surface area (Å²) in [6.45, 7) is 0.862. The van der Waals surface area contributed by atoms with Crippen molar-refractivity contribution in [3.05, 3.63) is 150 Å². The molecule has 0 atom stereocenters. The molecule has 0 saturated heterocycles. The Bertz CT molecular complexity index is 1950. The molecule has 6 nitrogen and oxygen atoms in total. The lowest BCUT2D eigenvalue weighted by molar-refractivity contribution is 0.0985. The Kier molecular flexibility index (Phi) is 9.16. The number of amides is 1. The summed E-state index contributed by atoms with van der Waals surface area (Å²) >= 11 is 0. The highest BCUT2D eigenvalue weighted by Crippen LogP contribution is 2.34. The Labute approximate surface area is 269 Å². The van der Waals surface area contributed by atoms with E-state index in [1.54, 1.807) is 26.2 Å². The Hall–Kier alpha value is -5.75. The molecule has 46 heavy (non-hydrogen) atoms. The van der Waals surface area contributed by atoms with Crippen LogP contribution < -0.4 is 23.8 Å². The summed E-state index contributed by atoms with van der Waals surface area (Å²) in [6.07, 6.45) is 0. The van der Waals surface area contributed by atoms with Gasteiger partial charge in [0.05, 0.1) is 27.9 Å². The van der Waals surface area contributed by atoms with Crippen LogP contribution in [0.3, 0.4) is 0 Å². The molecule has 0 N–H and O–H groups in total. The summed E-state index contributed by atoms with van der Waals surface area (Å²) in [5.41, 5.74) is 5.10. The molecule has 6 aromatic carbocycles. The topological polar surface area (TPSA) is 57.2 Å². The number of methoxy groups -OCH3 is 3. The number of carbonyl (C=O) groups excluding carboxylic acids is 1. The molecule has 0 bridgehead atoms. The van der Waals surface area contributed by atoms with E-state index in [0.29, 0.717) is 24.5 Å². The van der Waals surface area contributed by atoms with Gasteiger partial charge in [0.2, 0.25) is 0 Å². The van der Waals surface area contributed by atoms with Crippen LogP contribution in [-0.4, -0.2) is 27.2 Å². The summed E-state index contributed by atoms with van der Waals surface area (Å²) in [4.78, 5) is 16.2. The molecule has 1 amide bonds. The van der Waals surface area contributed by atoms with Gasteiger partial charge in [-0.1, -0.05) is 66.7 Å². The SMILES string of the molecule is COc1ccc(CN(C(=O)c2ccc(OC)c(-c3cccc(OC)c3)c2)c2ccc3cc(OCc4ccccc4)ccc3c2)cc1. The Morgan fingerprint density at radius 1 is 0.587 bits per heavy atom. The number of benzene rings is 6. The van der Waals surface area contributed by atoms with Crippen LogP contribution in [0.2, 0.25) is 0 Å². The van der Waals surface area contributed by atoms with Crippen LogP contribution in [0, 0.1) is 0 Å². The van der Waals surface area contributed by atoms with Crippen LogP contribution in [-0.2, 0) is 13.2 Å². The second-order valence-electron chi connectivity index (χ2n) is 10.9. The third-order valence-corrected chi connectivity index (χ3v) is 7.93. The molecular weight excluding hydrogens is 574 g/mol. The van der Waals surface area contributed by atoms with Gasteiger partial charge in [0.15, 0.2) is 0 Å². The molecule has 0 aliphatic carbocycles. The van der Waals surface area contributed by atoms with E-state index >= 15 is 0 Å². The maximum atomic E-state index is 14.4. The lowest BCUT2D eigenvalue weighted by Crippen LogP contribution is -2.30. The zero-order valence-corrected chi connectivity index (χ0v) is 26.1. The van der Waals surface area contributed by atoms with Crippen molar-refractivity contribution in [1.82, 2.24) is 0 Å². The number of rotatable bonds is 11. The molecule has 0 aromatic heterocycles. The number of hydrogen-bond acceptors (Lipinski definition) is 5. The van der Waals surface area contributed by atoms with Gasteiger partial charge >= 0.3 is 0 Å². The average molecular weight is 610 g/mol. The molecule has 0 saturated carbocycles. The minimum Gasteiger partial charge on any atom is -0.497 e. The van der Waals surface area contributed by atoms with E-state index in [1.165, 1.54) is 0 Å². The summed E-state index contributed by atoms with van der Waals surface area (Å²) < 4.78 is 22.6. The minimum absolute atomic E-state index is 0.134. The summed E-state index contributed by atoms with van der Waals surface area (Å²) in [5, 5.41) is 2.03. The second-order valence-corrected chi connectivity index (χ2v) is 10.9. The number of ether oxygens (including phenoxy) is 4. The molecule has 230 valence electrons.